The molecule has 25 heteroatoms. The van der Waals surface area contributed by atoms with Crippen LogP contribution in [0, 0.1) is 12.3 Å². The van der Waals surface area contributed by atoms with E-state index < -0.39 is 59.7 Å². The zero-order valence-electron chi connectivity index (χ0n) is 17.8. The Morgan fingerprint density at radius 1 is 1.08 bits per heavy atom. The number of terminal acetylenes is 1. The van der Waals surface area contributed by atoms with E-state index >= 15 is 0 Å². The first kappa shape index (κ1) is 34.9. The van der Waals surface area contributed by atoms with Gasteiger partial charge in [-0.2, -0.15) is 4.98 Å². The van der Waals surface area contributed by atoms with Gasteiger partial charge in [0.05, 0.1) is 12.9 Å². The molecule has 4 atom stereocenters. The van der Waals surface area contributed by atoms with Crippen LogP contribution in [-0.2, 0) is 18.4 Å². The smallest absolute Gasteiger partial charge is 0.394 e. The summed E-state index contributed by atoms with van der Waals surface area (Å²) in [4.78, 5) is 86.5. The second-order valence-corrected chi connectivity index (χ2v) is 9.52. The highest BCUT2D eigenvalue weighted by Gasteiger charge is 2.55. The quantitative estimate of drug-likeness (QED) is 0.113. The van der Waals surface area contributed by atoms with Crippen molar-refractivity contribution in [1.82, 2.24) is 19.5 Å². The lowest BCUT2D eigenvalue weighted by Gasteiger charge is -2.26. The van der Waals surface area contributed by atoms with Crippen molar-refractivity contribution in [2.75, 3.05) is 12.3 Å². The van der Waals surface area contributed by atoms with Crippen LogP contribution < -0.4 is 11.3 Å². The first-order chi connectivity index (χ1) is 16.4. The normalized spacial score (nSPS) is 23.5. The number of ether oxygens (including phenoxy) is 1. The van der Waals surface area contributed by atoms with Crippen LogP contribution in [0.25, 0.3) is 11.2 Å². The predicted octanol–water partition coefficient (Wildman–Crippen LogP) is -5.47. The Morgan fingerprint density at radius 2 is 1.51 bits per heavy atom. The molecular formula is C12H22N5O17P3. The number of aliphatic hydroxyl groups excluding tert-OH is 2. The summed E-state index contributed by atoms with van der Waals surface area (Å²) < 4.78 is 33.2. The molecule has 0 unspecified atom stereocenters. The molecule has 2 aromatic rings. The second-order valence-electron chi connectivity index (χ2n) is 6.44. The number of nitrogens with one attached hydrogen (secondary N) is 1. The van der Waals surface area contributed by atoms with Gasteiger partial charge in [-0.25, -0.2) is 18.7 Å². The molecule has 1 fully saturated rings. The van der Waals surface area contributed by atoms with Crippen LogP contribution in [0.4, 0.5) is 5.95 Å². The van der Waals surface area contributed by atoms with Gasteiger partial charge >= 0.3 is 23.5 Å². The van der Waals surface area contributed by atoms with Gasteiger partial charge in [-0.3, -0.25) is 14.3 Å². The molecular weight excluding hydrogens is 579 g/mol. The number of nitrogens with zero attached hydrogens (tertiary/aromatic N) is 3. The van der Waals surface area contributed by atoms with Crippen LogP contribution in [-0.4, -0.2) is 103 Å². The summed E-state index contributed by atoms with van der Waals surface area (Å²) in [5.41, 5.74) is 2.80. The molecule has 3 heterocycles. The van der Waals surface area contributed by atoms with Gasteiger partial charge in [0, 0.05) is 0 Å². The molecule has 1 saturated heterocycles. The van der Waals surface area contributed by atoms with Crippen molar-refractivity contribution >= 4 is 40.6 Å². The molecule has 0 aromatic carbocycles. The number of nitrogens with two attached hydrogens (primary N) is 1. The van der Waals surface area contributed by atoms with E-state index in [-0.39, 0.29) is 17.1 Å². The first-order valence-corrected chi connectivity index (χ1v) is 13.3. The van der Waals surface area contributed by atoms with Crippen molar-refractivity contribution in [3.05, 3.63) is 16.7 Å². The molecule has 0 amide bonds. The number of aliphatic hydroxyl groups is 3. The van der Waals surface area contributed by atoms with E-state index in [2.05, 4.69) is 20.9 Å². The van der Waals surface area contributed by atoms with Crippen LogP contribution in [0.2, 0.25) is 0 Å². The number of hydrogen-bond acceptors (Lipinski definition) is 11. The average Bonchev–Trinajstić information content (AvgIpc) is 3.17. The third kappa shape index (κ3) is 12.8. The summed E-state index contributed by atoms with van der Waals surface area (Å²) in [6, 6.07) is 0. The van der Waals surface area contributed by atoms with E-state index in [1.165, 1.54) is 10.9 Å². The lowest BCUT2D eigenvalue weighted by Crippen LogP contribution is -2.45. The Kier molecular flexibility index (Phi) is 12.3. The van der Waals surface area contributed by atoms with Crippen molar-refractivity contribution < 1.29 is 77.8 Å². The minimum Gasteiger partial charge on any atom is -0.394 e. The summed E-state index contributed by atoms with van der Waals surface area (Å²) in [5, 5.41) is 29.7. The van der Waals surface area contributed by atoms with Crippen molar-refractivity contribution in [3.63, 3.8) is 0 Å². The summed E-state index contributed by atoms with van der Waals surface area (Å²) >= 11 is 0. The van der Waals surface area contributed by atoms with E-state index in [0.717, 1.165) is 0 Å². The van der Waals surface area contributed by atoms with E-state index in [9.17, 15) is 20.1 Å². The maximum Gasteiger partial charge on any atom is 0.466 e. The van der Waals surface area contributed by atoms with Crippen molar-refractivity contribution in [2.45, 2.75) is 24.0 Å². The van der Waals surface area contributed by atoms with Crippen molar-refractivity contribution in [2.24, 2.45) is 0 Å². The van der Waals surface area contributed by atoms with Gasteiger partial charge in [-0.1, -0.05) is 5.92 Å². The summed E-state index contributed by atoms with van der Waals surface area (Å²) in [7, 11) is -13.9. The Balaban J connectivity index is 0.000000711. The van der Waals surface area contributed by atoms with Gasteiger partial charge in [0.2, 0.25) is 5.95 Å². The average molecular weight is 601 g/mol. The van der Waals surface area contributed by atoms with Gasteiger partial charge in [0.25, 0.3) is 5.56 Å². The molecule has 2 aromatic heterocycles. The lowest BCUT2D eigenvalue weighted by molar-refractivity contribution is -0.0721. The summed E-state index contributed by atoms with van der Waals surface area (Å²) in [5.74, 6) is 1.91. The van der Waals surface area contributed by atoms with E-state index in [1.807, 2.05) is 0 Å². The number of hydrogen-bond donors (Lipinski definition) is 14. The Hall–Kier alpha value is -2.12. The van der Waals surface area contributed by atoms with Crippen LogP contribution in [0.1, 0.15) is 6.23 Å². The van der Waals surface area contributed by atoms with E-state index in [0.29, 0.717) is 0 Å². The fourth-order valence-electron chi connectivity index (χ4n) is 2.47. The Morgan fingerprint density at radius 3 is 1.89 bits per heavy atom. The van der Waals surface area contributed by atoms with E-state index in [4.69, 9.17) is 74.6 Å². The number of H-pyrrole nitrogens is 1. The number of imidazole rings is 1. The third-order valence-electron chi connectivity index (χ3n) is 3.60. The van der Waals surface area contributed by atoms with E-state index in [1.54, 1.807) is 0 Å². The number of aromatic nitrogens is 4. The van der Waals surface area contributed by atoms with Crippen LogP contribution in [0.3, 0.4) is 0 Å². The molecule has 0 bridgehead atoms. The second kappa shape index (κ2) is 13.1. The monoisotopic (exact) mass is 601 g/mol. The fourth-order valence-corrected chi connectivity index (χ4v) is 2.47. The maximum atomic E-state index is 11.8. The van der Waals surface area contributed by atoms with Gasteiger partial charge in [0.1, 0.15) is 12.2 Å². The summed E-state index contributed by atoms with van der Waals surface area (Å²) in [6.07, 6.45) is 2.59. The molecule has 22 nitrogen and oxygen atoms in total. The number of phosphoric acid groups is 3. The highest BCUT2D eigenvalue weighted by Crippen LogP contribution is 2.39. The van der Waals surface area contributed by atoms with Crippen LogP contribution >= 0.6 is 23.5 Å². The highest BCUT2D eigenvalue weighted by atomic mass is 31.2. The molecule has 0 aliphatic carbocycles. The number of fused-ring (bicyclic) bond motifs is 1. The SMILES string of the molecule is C#C[C@]1(O)[C@H](O)[C@@H](CO)O[C@H]1n1cnc2c(=O)[nH]c(N)nc21.O=P(O)(O)O.O=P(O)(O)O.O=P(O)(O)O. The maximum absolute atomic E-state index is 11.8. The fraction of sp³-hybridized carbons (Fsp3) is 0.417. The topological polar surface area (TPSA) is 393 Å². The zero-order valence-corrected chi connectivity index (χ0v) is 20.4. The largest absolute Gasteiger partial charge is 0.466 e. The van der Waals surface area contributed by atoms with Crippen molar-refractivity contribution in [1.29, 1.82) is 0 Å². The minimum absolute atomic E-state index is 0.0286. The molecule has 1 aliphatic rings. The predicted molar refractivity (Wildman–Crippen MR) is 116 cm³/mol. The molecule has 3 rings (SSSR count). The molecule has 0 saturated carbocycles. The zero-order chi connectivity index (χ0) is 29.6. The van der Waals surface area contributed by atoms with Gasteiger partial charge in [-0.15, -0.1) is 6.42 Å². The molecule has 0 spiro atoms. The third-order valence-corrected chi connectivity index (χ3v) is 3.60. The molecule has 0 radical (unpaired) electrons. The highest BCUT2D eigenvalue weighted by molar-refractivity contribution is 7.45. The Bertz CT molecular complexity index is 1220. The summed E-state index contributed by atoms with van der Waals surface area (Å²) in [6.45, 7) is -0.551. The number of rotatable bonds is 2. The van der Waals surface area contributed by atoms with Gasteiger partial charge in [-0.05, 0) is 0 Å². The molecule has 212 valence electrons. The standard InChI is InChI=1S/C12H13N5O5.3H3O4P/c1-2-12(21)7(19)5(3-18)22-10(12)17-4-14-6-8(17)15-11(13)16-9(6)20;3*1-5(2,3)4/h1,4-5,7,10,18-19,21H,3H2,(H3,13,15,16,20);3*(H3,1,2,3,4)/t5-,7-,10-,12+;;;/m1.../s1. The first-order valence-electron chi connectivity index (χ1n) is 8.64. The van der Waals surface area contributed by atoms with Crippen molar-refractivity contribution in [3.8, 4) is 12.3 Å². The molecule has 37 heavy (non-hydrogen) atoms. The lowest BCUT2D eigenvalue weighted by atomic mass is 9.95. The van der Waals surface area contributed by atoms with Crippen LogP contribution in [0.5, 0.6) is 0 Å². The van der Waals surface area contributed by atoms with Gasteiger partial charge in [0.15, 0.2) is 23.0 Å². The number of anilines is 1. The number of nitrogen functional groups attached to an aromatic ring is 1. The Labute approximate surface area is 204 Å². The van der Waals surface area contributed by atoms with Crippen LogP contribution in [0.15, 0.2) is 11.1 Å². The molecule has 15 N–H and O–H groups in total. The van der Waals surface area contributed by atoms with Gasteiger partial charge < -0.3 is 69.8 Å². The molecule has 1 aliphatic heterocycles. The number of aromatic amines is 1. The minimum atomic E-state index is -4.64.